The summed E-state index contributed by atoms with van der Waals surface area (Å²) in [6, 6.07) is 0. The third-order valence-electron chi connectivity index (χ3n) is 2.88. The first-order valence-electron chi connectivity index (χ1n) is 5.33. The van der Waals surface area contributed by atoms with E-state index < -0.39 is 0 Å². The van der Waals surface area contributed by atoms with E-state index in [1.807, 2.05) is 0 Å². The Morgan fingerprint density at radius 1 is 1.62 bits per heavy atom. The van der Waals surface area contributed by atoms with Crippen LogP contribution in [0.1, 0.15) is 31.0 Å². The lowest BCUT2D eigenvalue weighted by Crippen LogP contribution is -2.00. The van der Waals surface area contributed by atoms with E-state index >= 15 is 0 Å². The van der Waals surface area contributed by atoms with E-state index in [-0.39, 0.29) is 0 Å². The summed E-state index contributed by atoms with van der Waals surface area (Å²) >= 11 is 0. The molecule has 0 aromatic carbocycles. The zero-order valence-electron chi connectivity index (χ0n) is 9.00. The van der Waals surface area contributed by atoms with Crippen LogP contribution in [0.15, 0.2) is 16.9 Å². The molecule has 16 heavy (non-hydrogen) atoms. The molecule has 2 atom stereocenters. The number of nitrogen functional groups attached to an aromatic ring is 1. The maximum absolute atomic E-state index is 5.56. The summed E-state index contributed by atoms with van der Waals surface area (Å²) in [6.45, 7) is 2.67. The van der Waals surface area contributed by atoms with Gasteiger partial charge in [0, 0.05) is 12.1 Å². The second kappa shape index (κ2) is 3.33. The molecular formula is C10H13N5O. The highest BCUT2D eigenvalue weighted by atomic mass is 16.5. The molecule has 3 rings (SSSR count). The zero-order valence-corrected chi connectivity index (χ0v) is 9.00. The van der Waals surface area contributed by atoms with Crippen molar-refractivity contribution in [2.75, 3.05) is 5.73 Å². The smallest absolute Gasteiger partial charge is 0.248 e. The largest absolute Gasteiger partial charge is 0.396 e. The van der Waals surface area contributed by atoms with Gasteiger partial charge in [0.25, 0.3) is 0 Å². The lowest BCUT2D eigenvalue weighted by Gasteiger charge is -1.93. The fraction of sp³-hybridized carbons (Fsp3) is 0.500. The zero-order chi connectivity index (χ0) is 11.1. The molecule has 1 fully saturated rings. The molecule has 0 radical (unpaired) electrons. The highest BCUT2D eigenvalue weighted by Gasteiger charge is 2.38. The van der Waals surface area contributed by atoms with Gasteiger partial charge in [-0.2, -0.15) is 10.1 Å². The van der Waals surface area contributed by atoms with Gasteiger partial charge in [-0.3, -0.25) is 4.68 Å². The van der Waals surface area contributed by atoms with Crippen molar-refractivity contribution >= 4 is 5.69 Å². The fourth-order valence-corrected chi connectivity index (χ4v) is 1.77. The summed E-state index contributed by atoms with van der Waals surface area (Å²) in [5.74, 6) is 2.57. The molecule has 0 bridgehead atoms. The Balaban J connectivity index is 1.73. The highest BCUT2D eigenvalue weighted by Crippen LogP contribution is 2.45. The van der Waals surface area contributed by atoms with Crippen LogP contribution in [0, 0.1) is 5.92 Å². The minimum atomic E-state index is 0.477. The van der Waals surface area contributed by atoms with Crippen molar-refractivity contribution in [2.24, 2.45) is 5.92 Å². The first-order chi connectivity index (χ1) is 7.72. The Morgan fingerprint density at radius 2 is 2.44 bits per heavy atom. The molecule has 0 amide bonds. The van der Waals surface area contributed by atoms with Crippen LogP contribution < -0.4 is 5.73 Å². The Hall–Kier alpha value is -1.85. The number of aromatic nitrogens is 4. The van der Waals surface area contributed by atoms with Crippen molar-refractivity contribution in [3.63, 3.8) is 0 Å². The van der Waals surface area contributed by atoms with E-state index in [1.165, 1.54) is 0 Å². The molecule has 2 aromatic rings. The molecule has 1 saturated carbocycles. The molecule has 0 aliphatic heterocycles. The van der Waals surface area contributed by atoms with Gasteiger partial charge in [0.1, 0.15) is 6.54 Å². The summed E-state index contributed by atoms with van der Waals surface area (Å²) < 4.78 is 6.85. The SMILES string of the molecule is CC1CC1c1noc(Cn2cc(N)cn2)n1. The first kappa shape index (κ1) is 9.38. The molecule has 0 saturated heterocycles. The molecular weight excluding hydrogens is 206 g/mol. The van der Waals surface area contributed by atoms with Gasteiger partial charge in [-0.25, -0.2) is 0 Å². The van der Waals surface area contributed by atoms with Crippen LogP contribution in [0.3, 0.4) is 0 Å². The van der Waals surface area contributed by atoms with Gasteiger partial charge >= 0.3 is 0 Å². The topological polar surface area (TPSA) is 82.8 Å². The minimum Gasteiger partial charge on any atom is -0.396 e. The summed E-state index contributed by atoms with van der Waals surface area (Å²) in [5, 5.41) is 8.03. The van der Waals surface area contributed by atoms with E-state index in [2.05, 4.69) is 22.2 Å². The summed E-state index contributed by atoms with van der Waals surface area (Å²) in [7, 11) is 0. The molecule has 1 aliphatic rings. The highest BCUT2D eigenvalue weighted by molar-refractivity contribution is 5.30. The second-order valence-corrected chi connectivity index (χ2v) is 4.34. The van der Waals surface area contributed by atoms with E-state index in [4.69, 9.17) is 10.3 Å². The van der Waals surface area contributed by atoms with Gasteiger partial charge in [-0.1, -0.05) is 12.1 Å². The lowest BCUT2D eigenvalue weighted by atomic mass is 10.3. The number of nitrogens with two attached hydrogens (primary N) is 1. The Bertz CT molecular complexity index is 503. The number of hydrogen-bond acceptors (Lipinski definition) is 5. The predicted octanol–water partition coefficient (Wildman–Crippen LogP) is 1.02. The number of anilines is 1. The van der Waals surface area contributed by atoms with Gasteiger partial charge in [-0.05, 0) is 12.3 Å². The van der Waals surface area contributed by atoms with Crippen LogP contribution in [0.2, 0.25) is 0 Å². The average Bonchev–Trinajstić information content (AvgIpc) is 2.65. The number of nitrogens with zero attached hydrogens (tertiary/aromatic N) is 4. The van der Waals surface area contributed by atoms with E-state index in [1.54, 1.807) is 17.1 Å². The van der Waals surface area contributed by atoms with Crippen molar-refractivity contribution in [3.8, 4) is 0 Å². The van der Waals surface area contributed by atoms with Crippen molar-refractivity contribution in [1.82, 2.24) is 19.9 Å². The van der Waals surface area contributed by atoms with Crippen LogP contribution in [-0.4, -0.2) is 19.9 Å². The second-order valence-electron chi connectivity index (χ2n) is 4.34. The fourth-order valence-electron chi connectivity index (χ4n) is 1.77. The van der Waals surface area contributed by atoms with Gasteiger partial charge in [0.05, 0.1) is 11.9 Å². The standard InChI is InChI=1S/C10H13N5O/c1-6-2-8(6)10-13-9(16-14-10)5-15-4-7(11)3-12-15/h3-4,6,8H,2,5,11H2,1H3. The molecule has 2 aromatic heterocycles. The Morgan fingerprint density at radius 3 is 3.06 bits per heavy atom. The lowest BCUT2D eigenvalue weighted by molar-refractivity contribution is 0.361. The molecule has 6 heteroatoms. The van der Waals surface area contributed by atoms with Crippen LogP contribution >= 0.6 is 0 Å². The summed E-state index contributed by atoms with van der Waals surface area (Å²) in [6.07, 6.45) is 4.50. The van der Waals surface area contributed by atoms with E-state index in [0.717, 1.165) is 12.2 Å². The average molecular weight is 219 g/mol. The van der Waals surface area contributed by atoms with Crippen molar-refractivity contribution in [1.29, 1.82) is 0 Å². The maximum Gasteiger partial charge on any atom is 0.248 e. The third kappa shape index (κ3) is 1.66. The molecule has 6 nitrogen and oxygen atoms in total. The Kier molecular flexibility index (Phi) is 1.95. The van der Waals surface area contributed by atoms with Gasteiger partial charge in [-0.15, -0.1) is 0 Å². The predicted molar refractivity (Wildman–Crippen MR) is 56.6 cm³/mol. The van der Waals surface area contributed by atoms with E-state index in [9.17, 15) is 0 Å². The van der Waals surface area contributed by atoms with Crippen LogP contribution in [0.4, 0.5) is 5.69 Å². The van der Waals surface area contributed by atoms with E-state index in [0.29, 0.717) is 30.0 Å². The summed E-state index contributed by atoms with van der Waals surface area (Å²) in [4.78, 5) is 4.35. The molecule has 0 spiro atoms. The molecule has 2 unspecified atom stereocenters. The van der Waals surface area contributed by atoms with Crippen LogP contribution in [0.25, 0.3) is 0 Å². The molecule has 84 valence electrons. The quantitative estimate of drug-likeness (QED) is 0.833. The van der Waals surface area contributed by atoms with Gasteiger partial charge in [0.15, 0.2) is 5.82 Å². The molecule has 1 aliphatic carbocycles. The minimum absolute atomic E-state index is 0.477. The number of rotatable bonds is 3. The van der Waals surface area contributed by atoms with Crippen LogP contribution in [-0.2, 0) is 6.54 Å². The third-order valence-corrected chi connectivity index (χ3v) is 2.88. The molecule has 2 N–H and O–H groups in total. The maximum atomic E-state index is 5.56. The number of hydrogen-bond donors (Lipinski definition) is 1. The normalized spacial score (nSPS) is 23.6. The van der Waals surface area contributed by atoms with Crippen molar-refractivity contribution < 1.29 is 4.52 Å². The summed E-state index contributed by atoms with van der Waals surface area (Å²) in [5.41, 5.74) is 6.20. The Labute approximate surface area is 92.4 Å². The van der Waals surface area contributed by atoms with Gasteiger partial charge in [0.2, 0.25) is 5.89 Å². The van der Waals surface area contributed by atoms with Gasteiger partial charge < -0.3 is 10.3 Å². The van der Waals surface area contributed by atoms with Crippen molar-refractivity contribution in [2.45, 2.75) is 25.8 Å². The first-order valence-corrected chi connectivity index (χ1v) is 5.33. The molecule has 2 heterocycles. The van der Waals surface area contributed by atoms with Crippen molar-refractivity contribution in [3.05, 3.63) is 24.1 Å². The monoisotopic (exact) mass is 219 g/mol. The van der Waals surface area contributed by atoms with Crippen LogP contribution in [0.5, 0.6) is 0 Å².